The standard InChI is InChI=1S/C17H16F3N3O3S/c18-17(19,20)12-3-4-14(24)23(10-12)11-15(25)21-5-7-22(8-6-21)16(26)13-2-1-9-27-13/h1-4,9-10H,5-8,11H2. The van der Waals surface area contributed by atoms with E-state index < -0.39 is 29.8 Å². The summed E-state index contributed by atoms with van der Waals surface area (Å²) >= 11 is 1.34. The Morgan fingerprint density at radius 2 is 1.70 bits per heavy atom. The van der Waals surface area contributed by atoms with Gasteiger partial charge in [0, 0.05) is 38.4 Å². The Kier molecular flexibility index (Phi) is 5.36. The van der Waals surface area contributed by atoms with Crippen LogP contribution in [0, 0.1) is 0 Å². The maximum Gasteiger partial charge on any atom is 0.417 e. The first kappa shape index (κ1) is 19.2. The summed E-state index contributed by atoms with van der Waals surface area (Å²) in [4.78, 5) is 40.1. The van der Waals surface area contributed by atoms with Gasteiger partial charge in [-0.25, -0.2) is 0 Å². The number of carbonyl (C=O) groups is 2. The third-order valence-corrected chi connectivity index (χ3v) is 5.13. The van der Waals surface area contributed by atoms with E-state index in [1.807, 2.05) is 0 Å². The highest BCUT2D eigenvalue weighted by Gasteiger charge is 2.31. The molecule has 3 rings (SSSR count). The van der Waals surface area contributed by atoms with E-state index in [1.54, 1.807) is 22.4 Å². The van der Waals surface area contributed by atoms with Gasteiger partial charge in [-0.2, -0.15) is 13.2 Å². The van der Waals surface area contributed by atoms with E-state index in [0.717, 1.165) is 10.6 Å². The maximum atomic E-state index is 12.8. The summed E-state index contributed by atoms with van der Waals surface area (Å²) in [6, 6.07) is 5.00. The number of piperazine rings is 1. The van der Waals surface area contributed by atoms with Crippen LogP contribution < -0.4 is 5.56 Å². The van der Waals surface area contributed by atoms with Crippen LogP contribution >= 0.6 is 11.3 Å². The lowest BCUT2D eigenvalue weighted by molar-refractivity contribution is -0.139. The second-order valence-electron chi connectivity index (χ2n) is 6.03. The highest BCUT2D eigenvalue weighted by atomic mass is 32.1. The molecule has 0 N–H and O–H groups in total. The van der Waals surface area contributed by atoms with E-state index in [0.29, 0.717) is 30.2 Å². The van der Waals surface area contributed by atoms with Gasteiger partial charge in [0.1, 0.15) is 6.54 Å². The second-order valence-corrected chi connectivity index (χ2v) is 6.98. The van der Waals surface area contributed by atoms with Crippen LogP contribution in [0.5, 0.6) is 0 Å². The van der Waals surface area contributed by atoms with Gasteiger partial charge in [-0.05, 0) is 17.5 Å². The van der Waals surface area contributed by atoms with Crippen LogP contribution in [0.1, 0.15) is 15.2 Å². The molecule has 0 saturated carbocycles. The minimum atomic E-state index is -4.59. The Balaban J connectivity index is 1.62. The van der Waals surface area contributed by atoms with Gasteiger partial charge < -0.3 is 14.4 Å². The number of hydrogen-bond acceptors (Lipinski definition) is 4. The normalized spacial score (nSPS) is 15.1. The fraction of sp³-hybridized carbons (Fsp3) is 0.353. The summed E-state index contributed by atoms with van der Waals surface area (Å²) in [6.45, 7) is 0.731. The molecule has 0 unspecified atom stereocenters. The number of rotatable bonds is 3. The van der Waals surface area contributed by atoms with Gasteiger partial charge in [0.15, 0.2) is 0 Å². The maximum absolute atomic E-state index is 12.8. The van der Waals surface area contributed by atoms with Crippen molar-refractivity contribution in [1.82, 2.24) is 14.4 Å². The zero-order valence-electron chi connectivity index (χ0n) is 14.1. The molecule has 0 aliphatic carbocycles. The third-order valence-electron chi connectivity index (χ3n) is 4.27. The molecule has 0 radical (unpaired) electrons. The molecule has 2 aromatic rings. The molecule has 27 heavy (non-hydrogen) atoms. The summed E-state index contributed by atoms with van der Waals surface area (Å²) in [5.41, 5.74) is -1.66. The van der Waals surface area contributed by atoms with Crippen molar-refractivity contribution in [2.75, 3.05) is 26.2 Å². The van der Waals surface area contributed by atoms with Crippen molar-refractivity contribution in [3.63, 3.8) is 0 Å². The first-order chi connectivity index (χ1) is 12.8. The molecule has 10 heteroatoms. The zero-order chi connectivity index (χ0) is 19.6. The zero-order valence-corrected chi connectivity index (χ0v) is 14.9. The Morgan fingerprint density at radius 1 is 1.04 bits per heavy atom. The first-order valence-corrected chi connectivity index (χ1v) is 9.02. The molecule has 0 atom stereocenters. The topological polar surface area (TPSA) is 62.6 Å². The van der Waals surface area contributed by atoms with Gasteiger partial charge in [0.2, 0.25) is 5.91 Å². The number of pyridine rings is 1. The molecule has 1 aliphatic rings. The molecule has 0 aromatic carbocycles. The molecule has 1 aliphatic heterocycles. The average Bonchev–Trinajstić information content (AvgIpc) is 3.16. The van der Waals surface area contributed by atoms with Crippen molar-refractivity contribution in [3.8, 4) is 0 Å². The Morgan fingerprint density at radius 3 is 2.30 bits per heavy atom. The van der Waals surface area contributed by atoms with Crippen molar-refractivity contribution in [3.05, 3.63) is 56.6 Å². The number of thiophene rings is 1. The van der Waals surface area contributed by atoms with Crippen LogP contribution in [0.2, 0.25) is 0 Å². The molecule has 1 fully saturated rings. The highest BCUT2D eigenvalue weighted by molar-refractivity contribution is 7.12. The summed E-state index contributed by atoms with van der Waals surface area (Å²) in [6.07, 6.45) is -3.94. The van der Waals surface area contributed by atoms with E-state index in [-0.39, 0.29) is 19.0 Å². The fourth-order valence-electron chi connectivity index (χ4n) is 2.78. The van der Waals surface area contributed by atoms with Crippen LogP contribution in [-0.2, 0) is 17.5 Å². The van der Waals surface area contributed by atoms with Crippen LogP contribution in [-0.4, -0.2) is 52.4 Å². The third kappa shape index (κ3) is 4.38. The van der Waals surface area contributed by atoms with Crippen molar-refractivity contribution in [2.24, 2.45) is 0 Å². The number of alkyl halides is 3. The molecule has 6 nitrogen and oxygen atoms in total. The number of carbonyl (C=O) groups excluding carboxylic acids is 2. The largest absolute Gasteiger partial charge is 0.417 e. The van der Waals surface area contributed by atoms with Gasteiger partial charge >= 0.3 is 6.18 Å². The Bertz CT molecular complexity index is 885. The lowest BCUT2D eigenvalue weighted by atomic mass is 10.2. The summed E-state index contributed by atoms with van der Waals surface area (Å²) in [5, 5.41) is 1.81. The van der Waals surface area contributed by atoms with Crippen molar-refractivity contribution < 1.29 is 22.8 Å². The predicted molar refractivity (Wildman–Crippen MR) is 92.5 cm³/mol. The quantitative estimate of drug-likeness (QED) is 0.792. The van der Waals surface area contributed by atoms with E-state index in [2.05, 4.69) is 0 Å². The van der Waals surface area contributed by atoms with E-state index in [1.165, 1.54) is 16.2 Å². The molecule has 0 bridgehead atoms. The second kappa shape index (κ2) is 7.55. The molecule has 0 spiro atoms. The Labute approximate surface area is 156 Å². The van der Waals surface area contributed by atoms with Crippen molar-refractivity contribution >= 4 is 23.2 Å². The summed E-state index contributed by atoms with van der Waals surface area (Å²) in [5.74, 6) is -0.564. The number of hydrogen-bond donors (Lipinski definition) is 0. The molecular weight excluding hydrogens is 383 g/mol. The van der Waals surface area contributed by atoms with Gasteiger partial charge in [-0.15, -0.1) is 11.3 Å². The predicted octanol–water partition coefficient (Wildman–Crippen LogP) is 1.91. The summed E-state index contributed by atoms with van der Waals surface area (Å²) in [7, 11) is 0. The number of halogens is 3. The van der Waals surface area contributed by atoms with Crippen molar-refractivity contribution in [1.29, 1.82) is 0 Å². The SMILES string of the molecule is O=C(Cn1cc(C(F)(F)F)ccc1=O)N1CCN(C(=O)c2cccs2)CC1. The lowest BCUT2D eigenvalue weighted by Gasteiger charge is -2.34. The van der Waals surface area contributed by atoms with Gasteiger partial charge in [-0.1, -0.05) is 6.07 Å². The summed E-state index contributed by atoms with van der Waals surface area (Å²) < 4.78 is 39.1. The van der Waals surface area contributed by atoms with E-state index in [9.17, 15) is 27.6 Å². The molecule has 144 valence electrons. The number of amides is 2. The van der Waals surface area contributed by atoms with Gasteiger partial charge in [0.05, 0.1) is 10.4 Å². The van der Waals surface area contributed by atoms with E-state index in [4.69, 9.17) is 0 Å². The molecule has 2 aromatic heterocycles. The van der Waals surface area contributed by atoms with Crippen LogP contribution in [0.15, 0.2) is 40.6 Å². The smallest absolute Gasteiger partial charge is 0.338 e. The monoisotopic (exact) mass is 399 g/mol. The molecular formula is C17H16F3N3O3S. The minimum Gasteiger partial charge on any atom is -0.338 e. The Hall–Kier alpha value is -2.62. The highest BCUT2D eigenvalue weighted by Crippen LogP contribution is 2.28. The lowest BCUT2D eigenvalue weighted by Crippen LogP contribution is -2.51. The van der Waals surface area contributed by atoms with Crippen LogP contribution in [0.4, 0.5) is 13.2 Å². The fourth-order valence-corrected chi connectivity index (χ4v) is 3.47. The van der Waals surface area contributed by atoms with Crippen LogP contribution in [0.3, 0.4) is 0 Å². The minimum absolute atomic E-state index is 0.105. The first-order valence-electron chi connectivity index (χ1n) is 8.14. The van der Waals surface area contributed by atoms with Gasteiger partial charge in [-0.3, -0.25) is 14.4 Å². The van der Waals surface area contributed by atoms with Crippen molar-refractivity contribution in [2.45, 2.75) is 12.7 Å². The molecule has 2 amide bonds. The van der Waals surface area contributed by atoms with Gasteiger partial charge in [0.25, 0.3) is 11.5 Å². The average molecular weight is 399 g/mol. The number of nitrogens with zero attached hydrogens (tertiary/aromatic N) is 3. The molecule has 3 heterocycles. The van der Waals surface area contributed by atoms with E-state index >= 15 is 0 Å². The molecule has 1 saturated heterocycles. The number of aromatic nitrogens is 1. The van der Waals surface area contributed by atoms with Crippen LogP contribution in [0.25, 0.3) is 0 Å².